The second kappa shape index (κ2) is 6.05. The van der Waals surface area contributed by atoms with E-state index in [1.54, 1.807) is 0 Å². The predicted octanol–water partition coefficient (Wildman–Crippen LogP) is 3.84. The van der Waals surface area contributed by atoms with Gasteiger partial charge in [0.2, 0.25) is 0 Å². The number of rotatable bonds is 3. The molecular formula is C18H27NOS. The van der Waals surface area contributed by atoms with Crippen molar-refractivity contribution in [3.63, 3.8) is 0 Å². The summed E-state index contributed by atoms with van der Waals surface area (Å²) < 4.78 is 0. The Hall–Kier alpha value is -0.930. The highest BCUT2D eigenvalue weighted by atomic mass is 32.1. The Balaban J connectivity index is 1.98. The van der Waals surface area contributed by atoms with Gasteiger partial charge in [-0.25, -0.2) is 0 Å². The summed E-state index contributed by atoms with van der Waals surface area (Å²) in [5.41, 5.74) is 2.59. The number of benzene rings is 1. The van der Waals surface area contributed by atoms with Crippen molar-refractivity contribution < 1.29 is 5.11 Å². The van der Waals surface area contributed by atoms with Gasteiger partial charge in [0, 0.05) is 12.1 Å². The number of hydrogen-bond acceptors (Lipinski definition) is 2. The lowest BCUT2D eigenvalue weighted by molar-refractivity contribution is -0.00679. The van der Waals surface area contributed by atoms with Gasteiger partial charge in [-0.05, 0) is 37.0 Å². The average Bonchev–Trinajstić information content (AvgIpc) is 2.34. The van der Waals surface area contributed by atoms with Crippen molar-refractivity contribution in [3.8, 4) is 0 Å². The van der Waals surface area contributed by atoms with Gasteiger partial charge in [0.05, 0.1) is 6.10 Å². The molecule has 1 saturated carbocycles. The third kappa shape index (κ3) is 4.52. The molecular weight excluding hydrogens is 278 g/mol. The van der Waals surface area contributed by atoms with E-state index in [1.165, 1.54) is 5.56 Å². The van der Waals surface area contributed by atoms with E-state index in [0.29, 0.717) is 0 Å². The number of thiocarbonyl (C=S) groups is 1. The number of aliphatic hydroxyl groups is 1. The summed E-state index contributed by atoms with van der Waals surface area (Å²) in [5.74, 6) is 0. The van der Waals surface area contributed by atoms with E-state index >= 15 is 0 Å². The molecule has 2 atom stereocenters. The first-order chi connectivity index (χ1) is 9.69. The van der Waals surface area contributed by atoms with Crippen LogP contribution in [0.2, 0.25) is 0 Å². The Morgan fingerprint density at radius 1 is 1.24 bits per heavy atom. The van der Waals surface area contributed by atoms with Gasteiger partial charge in [0.1, 0.15) is 4.99 Å². The Morgan fingerprint density at radius 3 is 2.43 bits per heavy atom. The molecule has 1 aliphatic rings. The van der Waals surface area contributed by atoms with Crippen LogP contribution in [-0.2, 0) is 0 Å². The number of nitrogens with one attached hydrogen (secondary N) is 1. The van der Waals surface area contributed by atoms with E-state index in [2.05, 4.69) is 57.3 Å². The summed E-state index contributed by atoms with van der Waals surface area (Å²) in [6, 6.07) is 8.29. The average molecular weight is 305 g/mol. The molecule has 0 saturated heterocycles. The molecule has 0 bridgehead atoms. The Kier molecular flexibility index (Phi) is 4.74. The third-order valence-corrected chi connectivity index (χ3v) is 4.79. The summed E-state index contributed by atoms with van der Waals surface area (Å²) >= 11 is 5.49. The monoisotopic (exact) mass is 305 g/mol. The Morgan fingerprint density at radius 2 is 1.86 bits per heavy atom. The third-order valence-electron chi connectivity index (χ3n) is 4.41. The molecule has 2 N–H and O–H groups in total. The predicted molar refractivity (Wildman–Crippen MR) is 92.6 cm³/mol. The SMILES string of the molecule is Cc1ccc(C(=S)NC[C@@]2(C)C[C@@H](O)CC(C)(C)C2)cc1. The van der Waals surface area contributed by atoms with Gasteiger partial charge in [-0.15, -0.1) is 0 Å². The van der Waals surface area contributed by atoms with Crippen LogP contribution in [-0.4, -0.2) is 22.7 Å². The van der Waals surface area contributed by atoms with E-state index in [0.717, 1.165) is 36.4 Å². The van der Waals surface area contributed by atoms with Crippen molar-refractivity contribution in [2.45, 2.75) is 53.1 Å². The van der Waals surface area contributed by atoms with Gasteiger partial charge in [0.15, 0.2) is 0 Å². The van der Waals surface area contributed by atoms with Crippen molar-refractivity contribution in [2.24, 2.45) is 10.8 Å². The van der Waals surface area contributed by atoms with Crippen LogP contribution in [0.1, 0.15) is 51.2 Å². The van der Waals surface area contributed by atoms with E-state index in [1.807, 2.05) is 0 Å². The van der Waals surface area contributed by atoms with Gasteiger partial charge >= 0.3 is 0 Å². The molecule has 116 valence electrons. The van der Waals surface area contributed by atoms with Gasteiger partial charge in [-0.2, -0.15) is 0 Å². The standard InChI is InChI=1S/C18H27NOS/c1-13-5-7-14(8-6-13)16(21)19-12-18(4)10-15(20)9-17(2,3)11-18/h5-8,15,20H,9-12H2,1-4H3,(H,19,21)/t15-,18-/m0/s1. The highest BCUT2D eigenvalue weighted by molar-refractivity contribution is 7.80. The molecule has 2 nitrogen and oxygen atoms in total. The van der Waals surface area contributed by atoms with Crippen molar-refractivity contribution >= 4 is 17.2 Å². The zero-order chi connectivity index (χ0) is 15.7. The normalized spacial score (nSPS) is 28.1. The first kappa shape index (κ1) is 16.4. The van der Waals surface area contributed by atoms with E-state index < -0.39 is 0 Å². The maximum absolute atomic E-state index is 10.1. The fourth-order valence-electron chi connectivity index (χ4n) is 3.81. The Bertz CT molecular complexity index is 508. The zero-order valence-corrected chi connectivity index (χ0v) is 14.4. The van der Waals surface area contributed by atoms with E-state index in [9.17, 15) is 5.11 Å². The quantitative estimate of drug-likeness (QED) is 0.832. The van der Waals surface area contributed by atoms with E-state index in [-0.39, 0.29) is 16.9 Å². The lowest BCUT2D eigenvalue weighted by Crippen LogP contribution is -2.45. The van der Waals surface area contributed by atoms with Crippen molar-refractivity contribution in [2.75, 3.05) is 6.54 Å². The molecule has 0 radical (unpaired) electrons. The first-order valence-corrected chi connectivity index (χ1v) is 8.13. The zero-order valence-electron chi connectivity index (χ0n) is 13.6. The van der Waals surface area contributed by atoms with Crippen LogP contribution >= 0.6 is 12.2 Å². The van der Waals surface area contributed by atoms with Crippen molar-refractivity contribution in [1.29, 1.82) is 0 Å². The fourth-order valence-corrected chi connectivity index (χ4v) is 4.02. The van der Waals surface area contributed by atoms with Crippen LogP contribution in [0.5, 0.6) is 0 Å². The minimum absolute atomic E-state index is 0.0932. The molecule has 2 rings (SSSR count). The minimum Gasteiger partial charge on any atom is -0.393 e. The summed E-state index contributed by atoms with van der Waals surface area (Å²) in [6.07, 6.45) is 2.65. The summed E-state index contributed by atoms with van der Waals surface area (Å²) in [5, 5.41) is 13.5. The maximum atomic E-state index is 10.1. The largest absolute Gasteiger partial charge is 0.393 e. The molecule has 0 amide bonds. The molecule has 0 unspecified atom stereocenters. The van der Waals surface area contributed by atoms with Crippen LogP contribution in [0.25, 0.3) is 0 Å². The fraction of sp³-hybridized carbons (Fsp3) is 0.611. The van der Waals surface area contributed by atoms with E-state index in [4.69, 9.17) is 12.2 Å². The van der Waals surface area contributed by atoms with Crippen LogP contribution in [0.4, 0.5) is 0 Å². The molecule has 0 aromatic heterocycles. The number of hydrogen-bond donors (Lipinski definition) is 2. The van der Waals surface area contributed by atoms with Gasteiger partial charge in [0.25, 0.3) is 0 Å². The molecule has 0 heterocycles. The molecule has 1 aromatic carbocycles. The van der Waals surface area contributed by atoms with Crippen LogP contribution < -0.4 is 5.32 Å². The van der Waals surface area contributed by atoms with Crippen molar-refractivity contribution in [3.05, 3.63) is 35.4 Å². The number of aryl methyl sites for hydroxylation is 1. The van der Waals surface area contributed by atoms with Crippen LogP contribution in [0.15, 0.2) is 24.3 Å². The van der Waals surface area contributed by atoms with Gasteiger partial charge < -0.3 is 10.4 Å². The minimum atomic E-state index is -0.200. The van der Waals surface area contributed by atoms with Gasteiger partial charge in [-0.1, -0.05) is 62.8 Å². The molecule has 1 aromatic rings. The van der Waals surface area contributed by atoms with Crippen LogP contribution in [0.3, 0.4) is 0 Å². The van der Waals surface area contributed by atoms with Gasteiger partial charge in [-0.3, -0.25) is 0 Å². The molecule has 0 aliphatic heterocycles. The summed E-state index contributed by atoms with van der Waals surface area (Å²) in [7, 11) is 0. The second-order valence-corrected chi connectivity index (χ2v) is 8.17. The lowest BCUT2D eigenvalue weighted by atomic mass is 9.63. The second-order valence-electron chi connectivity index (χ2n) is 7.76. The highest BCUT2D eigenvalue weighted by Crippen LogP contribution is 2.45. The van der Waals surface area contributed by atoms with Crippen LogP contribution in [0, 0.1) is 17.8 Å². The molecule has 3 heteroatoms. The highest BCUT2D eigenvalue weighted by Gasteiger charge is 2.40. The molecule has 21 heavy (non-hydrogen) atoms. The topological polar surface area (TPSA) is 32.3 Å². The molecule has 1 aliphatic carbocycles. The summed E-state index contributed by atoms with van der Waals surface area (Å²) in [6.45, 7) is 9.63. The lowest BCUT2D eigenvalue weighted by Gasteiger charge is -2.45. The maximum Gasteiger partial charge on any atom is 0.106 e. The molecule has 1 fully saturated rings. The first-order valence-electron chi connectivity index (χ1n) is 7.72. The molecule has 0 spiro atoms. The smallest absolute Gasteiger partial charge is 0.106 e. The summed E-state index contributed by atoms with van der Waals surface area (Å²) in [4.78, 5) is 0.800. The number of aliphatic hydroxyl groups excluding tert-OH is 1. The Labute approximate surface area is 134 Å². The van der Waals surface area contributed by atoms with Crippen molar-refractivity contribution in [1.82, 2.24) is 5.32 Å².